The first-order valence-corrected chi connectivity index (χ1v) is 8.11. The molecule has 0 aromatic rings. The number of hydrogen-bond acceptors (Lipinski definition) is 4. The maximum absolute atomic E-state index is 12.4. The van der Waals surface area contributed by atoms with Crippen molar-refractivity contribution in [3.63, 3.8) is 0 Å². The molecule has 2 amide bonds. The Morgan fingerprint density at radius 1 is 1.19 bits per heavy atom. The topological polar surface area (TPSA) is 72.9 Å². The van der Waals surface area contributed by atoms with Crippen LogP contribution in [0, 0.1) is 5.92 Å². The number of piperidine rings is 1. The number of piperazine rings is 1. The molecule has 0 aromatic heterocycles. The van der Waals surface area contributed by atoms with Crippen molar-refractivity contribution in [3.8, 4) is 0 Å². The monoisotopic (exact) mass is 295 g/mol. The number of nitrogens with one attached hydrogen (secondary N) is 1. The van der Waals surface area contributed by atoms with Crippen molar-refractivity contribution in [2.45, 2.75) is 44.2 Å². The Kier molecular flexibility index (Phi) is 4.45. The Labute approximate surface area is 125 Å². The Balaban J connectivity index is 1.51. The van der Waals surface area contributed by atoms with E-state index in [1.54, 1.807) is 4.90 Å². The summed E-state index contributed by atoms with van der Waals surface area (Å²) in [5.74, 6) is 0.798. The van der Waals surface area contributed by atoms with E-state index in [-0.39, 0.29) is 30.4 Å². The maximum Gasteiger partial charge on any atom is 0.240 e. The van der Waals surface area contributed by atoms with E-state index in [0.29, 0.717) is 31.8 Å². The largest absolute Gasteiger partial charge is 0.393 e. The molecule has 0 spiro atoms. The maximum atomic E-state index is 12.4. The van der Waals surface area contributed by atoms with E-state index in [4.69, 9.17) is 0 Å². The molecule has 2 heterocycles. The van der Waals surface area contributed by atoms with Gasteiger partial charge in [-0.2, -0.15) is 0 Å². The molecule has 3 fully saturated rings. The average Bonchev–Trinajstić information content (AvgIpc) is 3.28. The van der Waals surface area contributed by atoms with Crippen molar-refractivity contribution in [1.29, 1.82) is 0 Å². The molecule has 0 radical (unpaired) electrons. The summed E-state index contributed by atoms with van der Waals surface area (Å²) in [6.45, 7) is 3.60. The summed E-state index contributed by atoms with van der Waals surface area (Å²) in [7, 11) is 0. The molecular formula is C15H25N3O3. The standard InChI is InChI=1S/C15H25N3O3/c19-12-3-6-17(7-4-12)14(20)9-13-15(21)18(8-5-16-13)10-11-1-2-11/h11-13,16,19H,1-10H2. The SMILES string of the molecule is O=C(CC1NCCN(CC2CC2)C1=O)N1CCC(O)CC1. The van der Waals surface area contributed by atoms with Crippen LogP contribution in [-0.4, -0.2) is 71.6 Å². The van der Waals surface area contributed by atoms with Crippen LogP contribution in [0.25, 0.3) is 0 Å². The number of hydrogen-bond donors (Lipinski definition) is 2. The number of carbonyl (C=O) groups is 2. The molecule has 1 atom stereocenters. The van der Waals surface area contributed by atoms with Crippen LogP contribution >= 0.6 is 0 Å². The Morgan fingerprint density at radius 3 is 2.57 bits per heavy atom. The van der Waals surface area contributed by atoms with Crippen LogP contribution in [-0.2, 0) is 9.59 Å². The number of carbonyl (C=O) groups excluding carboxylic acids is 2. The minimum atomic E-state index is -0.364. The van der Waals surface area contributed by atoms with Crippen molar-refractivity contribution in [1.82, 2.24) is 15.1 Å². The zero-order chi connectivity index (χ0) is 14.8. The lowest BCUT2D eigenvalue weighted by Gasteiger charge is -2.35. The lowest BCUT2D eigenvalue weighted by atomic mass is 10.0. The number of aliphatic hydroxyl groups is 1. The van der Waals surface area contributed by atoms with Gasteiger partial charge in [0.1, 0.15) is 0 Å². The van der Waals surface area contributed by atoms with Crippen LogP contribution in [0.15, 0.2) is 0 Å². The fourth-order valence-corrected chi connectivity index (χ4v) is 3.16. The van der Waals surface area contributed by atoms with Gasteiger partial charge in [0.05, 0.1) is 18.6 Å². The second-order valence-corrected chi connectivity index (χ2v) is 6.55. The highest BCUT2D eigenvalue weighted by Gasteiger charge is 2.34. The molecule has 1 unspecified atom stereocenters. The van der Waals surface area contributed by atoms with E-state index in [2.05, 4.69) is 5.32 Å². The summed E-state index contributed by atoms with van der Waals surface area (Å²) < 4.78 is 0. The van der Waals surface area contributed by atoms with Crippen molar-refractivity contribution < 1.29 is 14.7 Å². The van der Waals surface area contributed by atoms with Gasteiger partial charge < -0.3 is 20.2 Å². The smallest absolute Gasteiger partial charge is 0.240 e. The van der Waals surface area contributed by atoms with Gasteiger partial charge >= 0.3 is 0 Å². The number of nitrogens with zero attached hydrogens (tertiary/aromatic N) is 2. The molecule has 2 N–H and O–H groups in total. The third kappa shape index (κ3) is 3.74. The number of amides is 2. The highest BCUT2D eigenvalue weighted by molar-refractivity contribution is 5.89. The highest BCUT2D eigenvalue weighted by Crippen LogP contribution is 2.30. The number of rotatable bonds is 4. The number of likely N-dealkylation sites (tertiary alicyclic amines) is 1. The van der Waals surface area contributed by atoms with Gasteiger partial charge in [0.25, 0.3) is 0 Å². The van der Waals surface area contributed by atoms with E-state index >= 15 is 0 Å². The molecule has 0 bridgehead atoms. The van der Waals surface area contributed by atoms with E-state index in [1.165, 1.54) is 12.8 Å². The molecule has 3 aliphatic rings. The molecule has 2 saturated heterocycles. The highest BCUT2D eigenvalue weighted by atomic mass is 16.3. The lowest BCUT2D eigenvalue weighted by molar-refractivity contribution is -0.142. The van der Waals surface area contributed by atoms with Crippen molar-refractivity contribution >= 4 is 11.8 Å². The summed E-state index contributed by atoms with van der Waals surface area (Å²) in [6, 6.07) is -0.364. The van der Waals surface area contributed by atoms with Gasteiger partial charge in [-0.3, -0.25) is 9.59 Å². The van der Waals surface area contributed by atoms with Crippen molar-refractivity contribution in [2.24, 2.45) is 5.92 Å². The predicted octanol–water partition coefficient (Wildman–Crippen LogP) is -0.430. The van der Waals surface area contributed by atoms with Gasteiger partial charge in [0.15, 0.2) is 0 Å². The van der Waals surface area contributed by atoms with Gasteiger partial charge in [0.2, 0.25) is 11.8 Å². The fraction of sp³-hybridized carbons (Fsp3) is 0.867. The molecule has 1 saturated carbocycles. The molecule has 0 aromatic carbocycles. The Morgan fingerprint density at radius 2 is 1.90 bits per heavy atom. The van der Waals surface area contributed by atoms with Crippen LogP contribution in [0.5, 0.6) is 0 Å². The van der Waals surface area contributed by atoms with E-state index in [9.17, 15) is 14.7 Å². The van der Waals surface area contributed by atoms with Crippen LogP contribution in [0.1, 0.15) is 32.1 Å². The first kappa shape index (κ1) is 14.8. The van der Waals surface area contributed by atoms with Gasteiger partial charge in [0, 0.05) is 32.7 Å². The summed E-state index contributed by atoms with van der Waals surface area (Å²) in [5, 5.41) is 12.7. The van der Waals surface area contributed by atoms with Crippen LogP contribution < -0.4 is 5.32 Å². The first-order chi connectivity index (χ1) is 10.1. The average molecular weight is 295 g/mol. The van der Waals surface area contributed by atoms with Gasteiger partial charge in [-0.1, -0.05) is 0 Å². The second-order valence-electron chi connectivity index (χ2n) is 6.55. The van der Waals surface area contributed by atoms with Crippen LogP contribution in [0.2, 0.25) is 0 Å². The Hall–Kier alpha value is -1.14. The normalized spacial score (nSPS) is 28.0. The molecule has 1 aliphatic carbocycles. The van der Waals surface area contributed by atoms with Gasteiger partial charge in [-0.05, 0) is 31.6 Å². The zero-order valence-corrected chi connectivity index (χ0v) is 12.5. The number of aliphatic hydroxyl groups excluding tert-OH is 1. The second kappa shape index (κ2) is 6.32. The Bertz CT molecular complexity index is 403. The molecular weight excluding hydrogens is 270 g/mol. The van der Waals surface area contributed by atoms with E-state index < -0.39 is 0 Å². The molecule has 6 heteroatoms. The molecule has 21 heavy (non-hydrogen) atoms. The zero-order valence-electron chi connectivity index (χ0n) is 12.5. The molecule has 2 aliphatic heterocycles. The van der Waals surface area contributed by atoms with E-state index in [0.717, 1.165) is 19.6 Å². The lowest BCUT2D eigenvalue weighted by Crippen LogP contribution is -2.57. The quantitative estimate of drug-likeness (QED) is 0.738. The third-order valence-electron chi connectivity index (χ3n) is 4.75. The van der Waals surface area contributed by atoms with Gasteiger partial charge in [-0.15, -0.1) is 0 Å². The minimum Gasteiger partial charge on any atom is -0.393 e. The summed E-state index contributed by atoms with van der Waals surface area (Å²) in [5.41, 5.74) is 0. The summed E-state index contributed by atoms with van der Waals surface area (Å²) >= 11 is 0. The summed E-state index contributed by atoms with van der Waals surface area (Å²) in [4.78, 5) is 28.4. The van der Waals surface area contributed by atoms with Gasteiger partial charge in [-0.25, -0.2) is 0 Å². The van der Waals surface area contributed by atoms with E-state index in [1.807, 2.05) is 4.90 Å². The minimum absolute atomic E-state index is 0.0287. The molecule has 118 valence electrons. The van der Waals surface area contributed by atoms with Crippen LogP contribution in [0.4, 0.5) is 0 Å². The van der Waals surface area contributed by atoms with Crippen molar-refractivity contribution in [2.75, 3.05) is 32.7 Å². The fourth-order valence-electron chi connectivity index (χ4n) is 3.16. The third-order valence-corrected chi connectivity index (χ3v) is 4.75. The predicted molar refractivity (Wildman–Crippen MR) is 77.5 cm³/mol. The van der Waals surface area contributed by atoms with Crippen molar-refractivity contribution in [3.05, 3.63) is 0 Å². The molecule has 6 nitrogen and oxygen atoms in total. The first-order valence-electron chi connectivity index (χ1n) is 8.11. The van der Waals surface area contributed by atoms with Crippen LogP contribution in [0.3, 0.4) is 0 Å². The molecule has 3 rings (SSSR count). The summed E-state index contributed by atoms with van der Waals surface area (Å²) in [6.07, 6.45) is 3.72.